The maximum absolute atomic E-state index is 5.58. The maximum atomic E-state index is 5.58. The summed E-state index contributed by atoms with van der Waals surface area (Å²) in [6.07, 6.45) is 2.38. The summed E-state index contributed by atoms with van der Waals surface area (Å²) >= 11 is 0. The molecule has 0 amide bonds. The third-order valence-electron chi connectivity index (χ3n) is 3.43. The molecule has 0 saturated carbocycles. The lowest BCUT2D eigenvalue weighted by Crippen LogP contribution is -2.33. The zero-order valence-corrected chi connectivity index (χ0v) is 12.3. The fourth-order valence-electron chi connectivity index (χ4n) is 2.43. The van der Waals surface area contributed by atoms with Gasteiger partial charge in [0.2, 0.25) is 0 Å². The molecule has 2 rings (SSSR count). The fourth-order valence-corrected chi connectivity index (χ4v) is 2.43. The molecule has 1 saturated heterocycles. The van der Waals surface area contributed by atoms with Gasteiger partial charge in [0, 0.05) is 24.8 Å². The first-order chi connectivity index (χ1) is 9.10. The van der Waals surface area contributed by atoms with Gasteiger partial charge < -0.3 is 15.4 Å². The van der Waals surface area contributed by atoms with Crippen molar-refractivity contribution in [2.75, 3.05) is 23.8 Å². The van der Waals surface area contributed by atoms with Crippen LogP contribution in [0.15, 0.2) is 0 Å². The Morgan fingerprint density at radius 3 is 2.68 bits per heavy atom. The Balaban J connectivity index is 2.14. The van der Waals surface area contributed by atoms with Crippen LogP contribution in [-0.4, -0.2) is 35.3 Å². The van der Waals surface area contributed by atoms with Gasteiger partial charge in [-0.3, -0.25) is 0 Å². The minimum atomic E-state index is 0.322. The van der Waals surface area contributed by atoms with Crippen molar-refractivity contribution >= 4 is 11.6 Å². The summed E-state index contributed by atoms with van der Waals surface area (Å²) in [5, 5.41) is 6.84. The van der Waals surface area contributed by atoms with Gasteiger partial charge in [-0.25, -0.2) is 9.97 Å². The standard InChI is InChI=1S/C14H24N4O/c1-5-15-13-10(3)14(17-11(4)16-13)18-12-6-7-19-9(2)8-12/h9,12H,5-8H2,1-4H3,(H2,15,16,17,18). The van der Waals surface area contributed by atoms with E-state index in [1.54, 1.807) is 0 Å². The minimum Gasteiger partial charge on any atom is -0.378 e. The summed E-state index contributed by atoms with van der Waals surface area (Å²) in [6.45, 7) is 9.87. The Hall–Kier alpha value is -1.36. The van der Waals surface area contributed by atoms with E-state index >= 15 is 0 Å². The van der Waals surface area contributed by atoms with Gasteiger partial charge in [-0.15, -0.1) is 0 Å². The minimum absolute atomic E-state index is 0.322. The molecule has 5 nitrogen and oxygen atoms in total. The second kappa shape index (κ2) is 6.19. The van der Waals surface area contributed by atoms with Crippen LogP contribution in [0.5, 0.6) is 0 Å². The van der Waals surface area contributed by atoms with Gasteiger partial charge in [0.05, 0.1) is 6.10 Å². The number of hydrogen-bond acceptors (Lipinski definition) is 5. The molecule has 2 unspecified atom stereocenters. The fraction of sp³-hybridized carbons (Fsp3) is 0.714. The van der Waals surface area contributed by atoms with E-state index in [1.165, 1.54) is 0 Å². The van der Waals surface area contributed by atoms with E-state index in [-0.39, 0.29) is 0 Å². The zero-order valence-electron chi connectivity index (χ0n) is 12.3. The molecular weight excluding hydrogens is 240 g/mol. The largest absolute Gasteiger partial charge is 0.378 e. The Morgan fingerprint density at radius 2 is 2.00 bits per heavy atom. The third kappa shape index (κ3) is 3.56. The monoisotopic (exact) mass is 264 g/mol. The van der Waals surface area contributed by atoms with Crippen molar-refractivity contribution in [1.29, 1.82) is 0 Å². The average Bonchev–Trinajstić information content (AvgIpc) is 2.35. The first kappa shape index (κ1) is 14.1. The highest BCUT2D eigenvalue weighted by atomic mass is 16.5. The molecule has 2 heterocycles. The number of nitrogens with one attached hydrogen (secondary N) is 2. The summed E-state index contributed by atoms with van der Waals surface area (Å²) in [6, 6.07) is 0.436. The molecule has 1 aromatic heterocycles. The van der Waals surface area contributed by atoms with Gasteiger partial charge in [0.25, 0.3) is 0 Å². The molecule has 0 radical (unpaired) electrons. The molecule has 2 N–H and O–H groups in total. The lowest BCUT2D eigenvalue weighted by Gasteiger charge is -2.29. The van der Waals surface area contributed by atoms with Crippen molar-refractivity contribution in [2.24, 2.45) is 0 Å². The number of ether oxygens (including phenoxy) is 1. The van der Waals surface area contributed by atoms with Crippen molar-refractivity contribution in [3.05, 3.63) is 11.4 Å². The van der Waals surface area contributed by atoms with Gasteiger partial charge in [-0.2, -0.15) is 0 Å². The van der Waals surface area contributed by atoms with Gasteiger partial charge >= 0.3 is 0 Å². The summed E-state index contributed by atoms with van der Waals surface area (Å²) in [4.78, 5) is 8.98. The molecule has 19 heavy (non-hydrogen) atoms. The molecule has 0 spiro atoms. The molecule has 5 heteroatoms. The summed E-state index contributed by atoms with van der Waals surface area (Å²) in [5.74, 6) is 2.67. The van der Waals surface area contributed by atoms with Crippen molar-refractivity contribution in [3.8, 4) is 0 Å². The van der Waals surface area contributed by atoms with Crippen molar-refractivity contribution in [3.63, 3.8) is 0 Å². The van der Waals surface area contributed by atoms with Crippen LogP contribution in [0.2, 0.25) is 0 Å². The summed E-state index contributed by atoms with van der Waals surface area (Å²) in [7, 11) is 0. The van der Waals surface area contributed by atoms with E-state index in [0.717, 1.165) is 49.0 Å². The van der Waals surface area contributed by atoms with E-state index in [9.17, 15) is 0 Å². The molecule has 0 aromatic carbocycles. The van der Waals surface area contributed by atoms with Crippen LogP contribution in [0.25, 0.3) is 0 Å². The molecule has 0 bridgehead atoms. The van der Waals surface area contributed by atoms with E-state index in [2.05, 4.69) is 41.4 Å². The summed E-state index contributed by atoms with van der Waals surface area (Å²) < 4.78 is 5.58. The third-order valence-corrected chi connectivity index (χ3v) is 3.43. The molecule has 1 aliphatic rings. The second-order valence-corrected chi connectivity index (χ2v) is 5.17. The maximum Gasteiger partial charge on any atom is 0.134 e. The molecule has 1 aliphatic heterocycles. The molecular formula is C14H24N4O. The molecule has 1 aromatic rings. The molecule has 1 fully saturated rings. The predicted octanol–water partition coefficient (Wildman–Crippen LogP) is 2.50. The van der Waals surface area contributed by atoms with Crippen molar-refractivity contribution < 1.29 is 4.74 Å². The van der Waals surface area contributed by atoms with Crippen molar-refractivity contribution in [1.82, 2.24) is 9.97 Å². The van der Waals surface area contributed by atoms with Crippen LogP contribution in [0.4, 0.5) is 11.6 Å². The van der Waals surface area contributed by atoms with Gasteiger partial charge in [0.15, 0.2) is 0 Å². The Labute approximate surface area is 115 Å². The van der Waals surface area contributed by atoms with Crippen LogP contribution in [0, 0.1) is 13.8 Å². The van der Waals surface area contributed by atoms with Gasteiger partial charge in [-0.05, 0) is 40.5 Å². The smallest absolute Gasteiger partial charge is 0.134 e. The lowest BCUT2D eigenvalue weighted by molar-refractivity contribution is 0.0231. The highest BCUT2D eigenvalue weighted by Crippen LogP contribution is 2.23. The number of nitrogens with zero attached hydrogens (tertiary/aromatic N) is 2. The van der Waals surface area contributed by atoms with E-state index < -0.39 is 0 Å². The molecule has 106 valence electrons. The first-order valence-electron chi connectivity index (χ1n) is 7.07. The number of rotatable bonds is 4. The zero-order chi connectivity index (χ0) is 13.8. The number of anilines is 2. The number of hydrogen-bond donors (Lipinski definition) is 2. The quantitative estimate of drug-likeness (QED) is 0.875. The molecule has 0 aliphatic carbocycles. The van der Waals surface area contributed by atoms with Crippen LogP contribution >= 0.6 is 0 Å². The van der Waals surface area contributed by atoms with Crippen molar-refractivity contribution in [2.45, 2.75) is 52.7 Å². The predicted molar refractivity (Wildman–Crippen MR) is 77.7 cm³/mol. The summed E-state index contributed by atoms with van der Waals surface area (Å²) in [5.41, 5.74) is 1.09. The van der Waals surface area contributed by atoms with Gasteiger partial charge in [-0.1, -0.05) is 0 Å². The lowest BCUT2D eigenvalue weighted by atomic mass is 10.0. The van der Waals surface area contributed by atoms with E-state index in [4.69, 9.17) is 4.74 Å². The van der Waals surface area contributed by atoms with Gasteiger partial charge in [0.1, 0.15) is 17.5 Å². The number of aromatic nitrogens is 2. The normalized spacial score (nSPS) is 23.2. The van der Waals surface area contributed by atoms with E-state index in [1.807, 2.05) is 6.92 Å². The first-order valence-corrected chi connectivity index (χ1v) is 7.07. The Bertz CT molecular complexity index is 436. The SMILES string of the molecule is CCNc1nc(C)nc(NC2CCOC(C)C2)c1C. The average molecular weight is 264 g/mol. The Morgan fingerprint density at radius 1 is 1.26 bits per heavy atom. The number of aryl methyl sites for hydroxylation is 1. The van der Waals surface area contributed by atoms with Crippen LogP contribution in [0.3, 0.4) is 0 Å². The van der Waals surface area contributed by atoms with Crippen LogP contribution < -0.4 is 10.6 Å². The topological polar surface area (TPSA) is 59.1 Å². The second-order valence-electron chi connectivity index (χ2n) is 5.17. The highest BCUT2D eigenvalue weighted by Gasteiger charge is 2.20. The van der Waals surface area contributed by atoms with Crippen LogP contribution in [0.1, 0.15) is 38.1 Å². The van der Waals surface area contributed by atoms with Crippen LogP contribution in [-0.2, 0) is 4.74 Å². The Kier molecular flexibility index (Phi) is 4.58. The highest BCUT2D eigenvalue weighted by molar-refractivity contribution is 5.57. The van der Waals surface area contributed by atoms with E-state index in [0.29, 0.717) is 12.1 Å². The molecule has 2 atom stereocenters.